The van der Waals surface area contributed by atoms with Gasteiger partial charge >= 0.3 is 5.97 Å². The number of carboxylic acids is 1. The number of aliphatic carboxylic acids is 1. The summed E-state index contributed by atoms with van der Waals surface area (Å²) < 4.78 is 0. The molecule has 0 fully saturated rings. The van der Waals surface area contributed by atoms with Gasteiger partial charge in [-0.1, -0.05) is 30.3 Å². The molecule has 1 aromatic rings. The molecule has 5 nitrogen and oxygen atoms in total. The van der Waals surface area contributed by atoms with Crippen LogP contribution in [0.3, 0.4) is 0 Å². The maximum Gasteiger partial charge on any atom is 0.326 e. The van der Waals surface area contributed by atoms with Gasteiger partial charge in [-0.3, -0.25) is 4.79 Å². The maximum absolute atomic E-state index is 12.3. The SMILES string of the molecule is CC1=C(C#N)C(c2ccccc2)CC(=O)N1C(C)C(=O)O. The Labute approximate surface area is 123 Å². The van der Waals surface area contributed by atoms with Crippen molar-refractivity contribution in [1.82, 2.24) is 4.90 Å². The van der Waals surface area contributed by atoms with E-state index in [1.165, 1.54) is 11.8 Å². The number of carbonyl (C=O) groups excluding carboxylic acids is 1. The minimum atomic E-state index is -1.09. The third kappa shape index (κ3) is 2.65. The van der Waals surface area contributed by atoms with Crippen LogP contribution in [0.25, 0.3) is 0 Å². The van der Waals surface area contributed by atoms with Crippen molar-refractivity contribution in [2.75, 3.05) is 0 Å². The Balaban J connectivity index is 2.49. The van der Waals surface area contributed by atoms with E-state index in [0.717, 1.165) is 5.56 Å². The van der Waals surface area contributed by atoms with Gasteiger partial charge in [-0.2, -0.15) is 5.26 Å². The summed E-state index contributed by atoms with van der Waals surface area (Å²) in [4.78, 5) is 24.7. The number of carbonyl (C=O) groups is 2. The number of benzene rings is 1. The molecule has 2 unspecified atom stereocenters. The monoisotopic (exact) mass is 284 g/mol. The quantitative estimate of drug-likeness (QED) is 0.923. The summed E-state index contributed by atoms with van der Waals surface area (Å²) in [6.07, 6.45) is 0.113. The summed E-state index contributed by atoms with van der Waals surface area (Å²) >= 11 is 0. The van der Waals surface area contributed by atoms with Gasteiger partial charge in [0.1, 0.15) is 6.04 Å². The van der Waals surface area contributed by atoms with Gasteiger partial charge in [0.2, 0.25) is 5.91 Å². The van der Waals surface area contributed by atoms with E-state index >= 15 is 0 Å². The van der Waals surface area contributed by atoms with E-state index < -0.39 is 12.0 Å². The molecule has 0 bridgehead atoms. The van der Waals surface area contributed by atoms with Gasteiger partial charge in [0.25, 0.3) is 0 Å². The minimum Gasteiger partial charge on any atom is -0.480 e. The second-order valence-electron chi connectivity index (χ2n) is 5.06. The Kier molecular flexibility index (Phi) is 4.08. The zero-order valence-corrected chi connectivity index (χ0v) is 11.9. The van der Waals surface area contributed by atoms with Crippen LogP contribution >= 0.6 is 0 Å². The molecule has 1 aliphatic heterocycles. The van der Waals surface area contributed by atoms with Crippen LogP contribution in [-0.4, -0.2) is 27.9 Å². The van der Waals surface area contributed by atoms with Gasteiger partial charge in [-0.15, -0.1) is 0 Å². The van der Waals surface area contributed by atoms with Gasteiger partial charge in [0.15, 0.2) is 0 Å². The van der Waals surface area contributed by atoms with Crippen molar-refractivity contribution >= 4 is 11.9 Å². The van der Waals surface area contributed by atoms with E-state index in [0.29, 0.717) is 11.3 Å². The van der Waals surface area contributed by atoms with Crippen LogP contribution < -0.4 is 0 Å². The highest BCUT2D eigenvalue weighted by molar-refractivity contribution is 5.87. The van der Waals surface area contributed by atoms with Gasteiger partial charge in [-0.05, 0) is 19.4 Å². The second-order valence-corrected chi connectivity index (χ2v) is 5.06. The summed E-state index contributed by atoms with van der Waals surface area (Å²) in [6.45, 7) is 3.08. The molecule has 2 rings (SSSR count). The molecule has 1 heterocycles. The summed E-state index contributed by atoms with van der Waals surface area (Å²) in [5, 5.41) is 18.5. The normalized spacial score (nSPS) is 20.1. The highest BCUT2D eigenvalue weighted by Crippen LogP contribution is 2.36. The first-order chi connectivity index (χ1) is 9.97. The van der Waals surface area contributed by atoms with Crippen LogP contribution in [0.1, 0.15) is 31.7 Å². The average molecular weight is 284 g/mol. The van der Waals surface area contributed by atoms with Crippen LogP contribution in [0.5, 0.6) is 0 Å². The molecule has 0 saturated carbocycles. The molecule has 108 valence electrons. The summed E-state index contributed by atoms with van der Waals surface area (Å²) in [7, 11) is 0. The van der Waals surface area contributed by atoms with Gasteiger partial charge < -0.3 is 10.0 Å². The zero-order valence-electron chi connectivity index (χ0n) is 11.9. The molecule has 1 aromatic carbocycles. The van der Waals surface area contributed by atoms with Crippen molar-refractivity contribution in [2.24, 2.45) is 0 Å². The Hall–Kier alpha value is -2.61. The number of allylic oxidation sites excluding steroid dienone is 2. The Morgan fingerprint density at radius 2 is 2.05 bits per heavy atom. The molecule has 5 heteroatoms. The van der Waals surface area contributed by atoms with Crippen LogP contribution in [0.4, 0.5) is 0 Å². The maximum atomic E-state index is 12.3. The lowest BCUT2D eigenvalue weighted by atomic mass is 9.84. The number of amides is 1. The van der Waals surface area contributed by atoms with E-state index in [-0.39, 0.29) is 18.2 Å². The predicted octanol–water partition coefficient (Wildman–Crippen LogP) is 2.27. The molecule has 1 N–H and O–H groups in total. The van der Waals surface area contributed by atoms with Crippen molar-refractivity contribution in [3.05, 3.63) is 47.2 Å². The number of rotatable bonds is 3. The fourth-order valence-corrected chi connectivity index (χ4v) is 2.69. The van der Waals surface area contributed by atoms with Crippen molar-refractivity contribution in [3.8, 4) is 6.07 Å². The lowest BCUT2D eigenvalue weighted by Gasteiger charge is -2.35. The molecule has 0 radical (unpaired) electrons. The van der Waals surface area contributed by atoms with Gasteiger partial charge in [-0.25, -0.2) is 4.79 Å². The lowest BCUT2D eigenvalue weighted by molar-refractivity contribution is -0.148. The molecule has 1 aliphatic rings. The van der Waals surface area contributed by atoms with Crippen molar-refractivity contribution < 1.29 is 14.7 Å². The van der Waals surface area contributed by atoms with E-state index in [9.17, 15) is 14.9 Å². The fraction of sp³-hybridized carbons (Fsp3) is 0.312. The number of nitriles is 1. The molecule has 0 aromatic heterocycles. The second kappa shape index (κ2) is 5.80. The Bertz CT molecular complexity index is 643. The van der Waals surface area contributed by atoms with Gasteiger partial charge in [0, 0.05) is 18.0 Å². The van der Waals surface area contributed by atoms with E-state index in [1.807, 2.05) is 30.3 Å². The number of hydrogen-bond donors (Lipinski definition) is 1. The third-order valence-electron chi connectivity index (χ3n) is 3.81. The topological polar surface area (TPSA) is 81.4 Å². The molecule has 1 amide bonds. The van der Waals surface area contributed by atoms with Crippen LogP contribution in [0.2, 0.25) is 0 Å². The van der Waals surface area contributed by atoms with Gasteiger partial charge in [0.05, 0.1) is 11.6 Å². The van der Waals surface area contributed by atoms with Crippen LogP contribution in [-0.2, 0) is 9.59 Å². The number of nitrogens with zero attached hydrogens (tertiary/aromatic N) is 2. The Morgan fingerprint density at radius 3 is 2.57 bits per heavy atom. The minimum absolute atomic E-state index is 0.113. The molecule has 0 aliphatic carbocycles. The number of carboxylic acid groups (broad SMARTS) is 1. The first-order valence-electron chi connectivity index (χ1n) is 6.68. The van der Waals surface area contributed by atoms with Crippen LogP contribution in [0.15, 0.2) is 41.6 Å². The van der Waals surface area contributed by atoms with Crippen molar-refractivity contribution in [1.29, 1.82) is 5.26 Å². The highest BCUT2D eigenvalue weighted by Gasteiger charge is 2.37. The summed E-state index contributed by atoms with van der Waals surface area (Å²) in [5.41, 5.74) is 1.77. The highest BCUT2D eigenvalue weighted by atomic mass is 16.4. The van der Waals surface area contributed by atoms with E-state index in [1.54, 1.807) is 6.92 Å². The third-order valence-corrected chi connectivity index (χ3v) is 3.81. The molecular formula is C16H16N2O3. The fourth-order valence-electron chi connectivity index (χ4n) is 2.69. The molecule has 2 atom stereocenters. The first-order valence-corrected chi connectivity index (χ1v) is 6.68. The largest absolute Gasteiger partial charge is 0.480 e. The molecule has 21 heavy (non-hydrogen) atoms. The van der Waals surface area contributed by atoms with Crippen molar-refractivity contribution in [3.63, 3.8) is 0 Å². The molecule has 0 saturated heterocycles. The van der Waals surface area contributed by atoms with Crippen molar-refractivity contribution in [2.45, 2.75) is 32.2 Å². The molecular weight excluding hydrogens is 268 g/mol. The smallest absolute Gasteiger partial charge is 0.326 e. The predicted molar refractivity (Wildman–Crippen MR) is 76.1 cm³/mol. The number of hydrogen-bond acceptors (Lipinski definition) is 3. The molecule has 0 spiro atoms. The van der Waals surface area contributed by atoms with E-state index in [4.69, 9.17) is 5.11 Å². The summed E-state index contributed by atoms with van der Waals surface area (Å²) in [6, 6.07) is 10.5. The average Bonchev–Trinajstić information content (AvgIpc) is 2.47. The van der Waals surface area contributed by atoms with Crippen LogP contribution in [0, 0.1) is 11.3 Å². The standard InChI is InChI=1S/C16H16N2O3/c1-10-14(9-17)13(12-6-4-3-5-7-12)8-15(19)18(10)11(2)16(20)21/h3-7,11,13H,8H2,1-2H3,(H,20,21). The zero-order chi connectivity index (χ0) is 15.6. The Morgan fingerprint density at radius 1 is 1.43 bits per heavy atom. The van der Waals surface area contributed by atoms with E-state index in [2.05, 4.69) is 6.07 Å². The summed E-state index contributed by atoms with van der Waals surface area (Å²) in [5.74, 6) is -1.66. The first kappa shape index (κ1) is 14.8. The lowest BCUT2D eigenvalue weighted by Crippen LogP contribution is -2.45.